The quantitative estimate of drug-likeness (QED) is 0.851. The third kappa shape index (κ3) is 3.29. The maximum atomic E-state index is 12.5. The molecule has 5 nitrogen and oxygen atoms in total. The van der Waals surface area contributed by atoms with Crippen LogP contribution in [0.3, 0.4) is 0 Å². The van der Waals surface area contributed by atoms with Crippen molar-refractivity contribution in [2.24, 2.45) is 5.92 Å². The van der Waals surface area contributed by atoms with E-state index in [1.54, 1.807) is 0 Å². The molecule has 0 unspecified atom stereocenters. The van der Waals surface area contributed by atoms with Gasteiger partial charge in [-0.1, -0.05) is 30.8 Å². The molecule has 3 fully saturated rings. The molecule has 1 amide bonds. The van der Waals surface area contributed by atoms with E-state index in [4.69, 9.17) is 4.52 Å². The minimum Gasteiger partial charge on any atom is -0.342 e. The number of nitrogens with zero attached hydrogens (tertiary/aromatic N) is 3. The Labute approximate surface area is 137 Å². The second-order valence-electron chi connectivity index (χ2n) is 7.65. The zero-order valence-electron chi connectivity index (χ0n) is 13.9. The van der Waals surface area contributed by atoms with Crippen LogP contribution in [0.15, 0.2) is 4.52 Å². The van der Waals surface area contributed by atoms with Crippen molar-refractivity contribution in [3.05, 3.63) is 11.7 Å². The van der Waals surface area contributed by atoms with E-state index in [0.29, 0.717) is 17.7 Å². The summed E-state index contributed by atoms with van der Waals surface area (Å²) in [4.78, 5) is 19.1. The normalized spacial score (nSPS) is 26.4. The maximum Gasteiger partial charge on any atom is 0.231 e. The minimum atomic E-state index is 0.241. The van der Waals surface area contributed by atoms with Crippen LogP contribution in [0.2, 0.25) is 0 Å². The Bertz CT molecular complexity index is 544. The minimum absolute atomic E-state index is 0.241. The van der Waals surface area contributed by atoms with Gasteiger partial charge in [0.1, 0.15) is 0 Å². The molecular weight excluding hydrogens is 290 g/mol. The number of amides is 1. The van der Waals surface area contributed by atoms with Crippen molar-refractivity contribution < 1.29 is 9.32 Å². The molecule has 0 aromatic carbocycles. The van der Waals surface area contributed by atoms with Crippen molar-refractivity contribution in [2.75, 3.05) is 13.1 Å². The molecule has 1 atom stereocenters. The largest absolute Gasteiger partial charge is 0.342 e. The number of likely N-dealkylation sites (tertiary alicyclic amines) is 1. The van der Waals surface area contributed by atoms with Crippen molar-refractivity contribution in [2.45, 2.75) is 76.0 Å². The number of rotatable bonds is 4. The number of hydrogen-bond acceptors (Lipinski definition) is 4. The fourth-order valence-electron chi connectivity index (χ4n) is 4.54. The average Bonchev–Trinajstić information content (AvgIpc) is 3.30. The smallest absolute Gasteiger partial charge is 0.231 e. The fourth-order valence-corrected chi connectivity index (χ4v) is 4.54. The highest BCUT2D eigenvalue weighted by molar-refractivity contribution is 5.76. The lowest BCUT2D eigenvalue weighted by Gasteiger charge is -2.18. The summed E-state index contributed by atoms with van der Waals surface area (Å²) in [5.74, 6) is 3.34. The van der Waals surface area contributed by atoms with Crippen LogP contribution in [0.1, 0.15) is 87.8 Å². The highest BCUT2D eigenvalue weighted by Gasteiger charge is 2.33. The van der Waals surface area contributed by atoms with Crippen LogP contribution in [0.4, 0.5) is 0 Å². The molecule has 5 heteroatoms. The highest BCUT2D eigenvalue weighted by atomic mass is 16.5. The van der Waals surface area contributed by atoms with Gasteiger partial charge >= 0.3 is 0 Å². The van der Waals surface area contributed by atoms with Crippen LogP contribution >= 0.6 is 0 Å². The topological polar surface area (TPSA) is 59.2 Å². The van der Waals surface area contributed by atoms with E-state index in [1.165, 1.54) is 51.4 Å². The maximum absolute atomic E-state index is 12.5. The van der Waals surface area contributed by atoms with Gasteiger partial charge in [-0.25, -0.2) is 0 Å². The van der Waals surface area contributed by atoms with Gasteiger partial charge in [0, 0.05) is 25.4 Å². The standard InChI is InChI=1S/C18H27N3O2/c22-16(11-13-5-1-2-6-13)21-10-9-15(12-21)18-19-17(20-23-18)14-7-3-4-8-14/h13-15H,1-12H2/t15-/m1/s1. The highest BCUT2D eigenvalue weighted by Crippen LogP contribution is 2.34. The zero-order valence-corrected chi connectivity index (χ0v) is 13.9. The molecule has 0 N–H and O–H groups in total. The number of carbonyl (C=O) groups excluding carboxylic acids is 1. The lowest BCUT2D eigenvalue weighted by atomic mass is 10.0. The second kappa shape index (κ2) is 6.62. The van der Waals surface area contributed by atoms with Crippen LogP contribution in [-0.2, 0) is 4.79 Å². The Morgan fingerprint density at radius 1 is 1.04 bits per heavy atom. The van der Waals surface area contributed by atoms with E-state index in [1.807, 2.05) is 4.90 Å². The van der Waals surface area contributed by atoms with E-state index < -0.39 is 0 Å². The molecule has 0 radical (unpaired) electrons. The van der Waals surface area contributed by atoms with Gasteiger partial charge in [-0.3, -0.25) is 4.79 Å². The van der Waals surface area contributed by atoms with Crippen LogP contribution in [0.25, 0.3) is 0 Å². The molecule has 3 aliphatic rings. The predicted octanol–water partition coefficient (Wildman–Crippen LogP) is 3.62. The molecule has 0 spiro atoms. The summed E-state index contributed by atoms with van der Waals surface area (Å²) in [6.45, 7) is 1.61. The monoisotopic (exact) mass is 317 g/mol. The Balaban J connectivity index is 1.33. The molecule has 1 aliphatic heterocycles. The molecule has 2 heterocycles. The summed E-state index contributed by atoms with van der Waals surface area (Å²) in [7, 11) is 0. The average molecular weight is 317 g/mol. The van der Waals surface area contributed by atoms with Crippen molar-refractivity contribution in [1.29, 1.82) is 0 Å². The summed E-state index contributed by atoms with van der Waals surface area (Å²) >= 11 is 0. The number of aromatic nitrogens is 2. The van der Waals surface area contributed by atoms with Gasteiger partial charge in [0.25, 0.3) is 0 Å². The predicted molar refractivity (Wildman–Crippen MR) is 86.0 cm³/mol. The third-order valence-corrected chi connectivity index (χ3v) is 6.01. The van der Waals surface area contributed by atoms with Gasteiger partial charge in [0.2, 0.25) is 11.8 Å². The van der Waals surface area contributed by atoms with Crippen molar-refractivity contribution in [1.82, 2.24) is 15.0 Å². The van der Waals surface area contributed by atoms with Gasteiger partial charge in [0.05, 0.1) is 5.92 Å². The summed E-state index contributed by atoms with van der Waals surface area (Å²) in [5.41, 5.74) is 0. The van der Waals surface area contributed by atoms with E-state index >= 15 is 0 Å². The van der Waals surface area contributed by atoms with Crippen LogP contribution in [0, 0.1) is 5.92 Å². The van der Waals surface area contributed by atoms with Gasteiger partial charge in [-0.2, -0.15) is 4.98 Å². The Kier molecular flexibility index (Phi) is 4.36. The Hall–Kier alpha value is -1.39. The summed E-state index contributed by atoms with van der Waals surface area (Å²) in [6, 6.07) is 0. The first-order valence-electron chi connectivity index (χ1n) is 9.41. The molecule has 1 aromatic rings. The first-order valence-corrected chi connectivity index (χ1v) is 9.41. The third-order valence-electron chi connectivity index (χ3n) is 6.01. The van der Waals surface area contributed by atoms with Gasteiger partial charge in [-0.05, 0) is 38.0 Å². The van der Waals surface area contributed by atoms with Gasteiger partial charge in [0.15, 0.2) is 5.82 Å². The van der Waals surface area contributed by atoms with Crippen molar-refractivity contribution in [3.63, 3.8) is 0 Å². The van der Waals surface area contributed by atoms with E-state index in [0.717, 1.165) is 37.6 Å². The zero-order chi connectivity index (χ0) is 15.6. The van der Waals surface area contributed by atoms with E-state index in [9.17, 15) is 4.79 Å². The summed E-state index contributed by atoms with van der Waals surface area (Å²) < 4.78 is 5.52. The lowest BCUT2D eigenvalue weighted by Crippen LogP contribution is -2.29. The molecule has 0 bridgehead atoms. The lowest BCUT2D eigenvalue weighted by molar-refractivity contribution is -0.131. The summed E-state index contributed by atoms with van der Waals surface area (Å²) in [6.07, 6.45) is 11.7. The first-order chi connectivity index (χ1) is 11.3. The molecule has 126 valence electrons. The molecule has 2 saturated carbocycles. The molecule has 1 saturated heterocycles. The molecule has 2 aliphatic carbocycles. The Morgan fingerprint density at radius 3 is 2.57 bits per heavy atom. The van der Waals surface area contributed by atoms with Crippen LogP contribution in [0.5, 0.6) is 0 Å². The van der Waals surface area contributed by atoms with Crippen LogP contribution in [-0.4, -0.2) is 34.0 Å². The molecule has 23 heavy (non-hydrogen) atoms. The van der Waals surface area contributed by atoms with E-state index in [-0.39, 0.29) is 5.92 Å². The summed E-state index contributed by atoms with van der Waals surface area (Å²) in [5, 5.41) is 4.21. The van der Waals surface area contributed by atoms with E-state index in [2.05, 4.69) is 10.1 Å². The van der Waals surface area contributed by atoms with Gasteiger partial charge in [-0.15, -0.1) is 0 Å². The van der Waals surface area contributed by atoms with Crippen LogP contribution < -0.4 is 0 Å². The molecule has 1 aromatic heterocycles. The first kappa shape index (κ1) is 15.2. The van der Waals surface area contributed by atoms with Gasteiger partial charge < -0.3 is 9.42 Å². The number of hydrogen-bond donors (Lipinski definition) is 0. The second-order valence-corrected chi connectivity index (χ2v) is 7.65. The molecule has 4 rings (SSSR count). The molecular formula is C18H27N3O2. The number of carbonyl (C=O) groups is 1. The Morgan fingerprint density at radius 2 is 1.78 bits per heavy atom. The fraction of sp³-hybridized carbons (Fsp3) is 0.833. The SMILES string of the molecule is O=C(CC1CCCC1)N1CC[C@@H](c2nc(C3CCCC3)no2)C1. The van der Waals surface area contributed by atoms with Crippen molar-refractivity contribution >= 4 is 5.91 Å². The van der Waals surface area contributed by atoms with Crippen molar-refractivity contribution in [3.8, 4) is 0 Å².